The summed E-state index contributed by atoms with van der Waals surface area (Å²) in [5.41, 5.74) is 1.67. The molecule has 6 nitrogen and oxygen atoms in total. The Balaban J connectivity index is 1.61. The number of benzene rings is 2. The summed E-state index contributed by atoms with van der Waals surface area (Å²) in [7, 11) is -3.52. The van der Waals surface area contributed by atoms with Gasteiger partial charge in [0.05, 0.1) is 17.2 Å². The highest BCUT2D eigenvalue weighted by Gasteiger charge is 2.32. The van der Waals surface area contributed by atoms with Crippen LogP contribution in [0.5, 0.6) is 5.75 Å². The first-order chi connectivity index (χ1) is 13.9. The van der Waals surface area contributed by atoms with Crippen LogP contribution in [0.25, 0.3) is 0 Å². The van der Waals surface area contributed by atoms with E-state index in [0.29, 0.717) is 48.9 Å². The minimum atomic E-state index is -3.52. The van der Waals surface area contributed by atoms with Crippen molar-refractivity contribution in [2.24, 2.45) is 5.92 Å². The number of sulfonamides is 1. The molecular weight excluding hydrogens is 388 g/mol. The van der Waals surface area contributed by atoms with Crippen molar-refractivity contribution in [1.29, 1.82) is 0 Å². The van der Waals surface area contributed by atoms with Crippen LogP contribution >= 0.6 is 0 Å². The first kappa shape index (κ1) is 21.3. The predicted octanol–water partition coefficient (Wildman–Crippen LogP) is 3.82. The molecule has 0 aromatic heterocycles. The fourth-order valence-electron chi connectivity index (χ4n) is 3.36. The van der Waals surface area contributed by atoms with Crippen molar-refractivity contribution >= 4 is 21.6 Å². The summed E-state index contributed by atoms with van der Waals surface area (Å²) >= 11 is 0. The molecule has 29 heavy (non-hydrogen) atoms. The van der Waals surface area contributed by atoms with Crippen molar-refractivity contribution in [3.05, 3.63) is 54.1 Å². The van der Waals surface area contributed by atoms with E-state index >= 15 is 0 Å². The lowest BCUT2D eigenvalue weighted by Crippen LogP contribution is -2.41. The van der Waals surface area contributed by atoms with Crippen LogP contribution in [0, 0.1) is 12.8 Å². The molecule has 0 aliphatic carbocycles. The Labute approximate surface area is 172 Å². The summed E-state index contributed by atoms with van der Waals surface area (Å²) in [6.07, 6.45) is 1.88. The minimum absolute atomic E-state index is 0.0927. The van der Waals surface area contributed by atoms with E-state index in [4.69, 9.17) is 4.74 Å². The summed E-state index contributed by atoms with van der Waals surface area (Å²) < 4.78 is 32.8. The molecule has 0 saturated carbocycles. The van der Waals surface area contributed by atoms with Crippen LogP contribution in [0.1, 0.15) is 31.7 Å². The average molecular weight is 417 g/mol. The first-order valence-corrected chi connectivity index (χ1v) is 11.5. The second-order valence-electron chi connectivity index (χ2n) is 7.33. The quantitative estimate of drug-likeness (QED) is 0.744. The van der Waals surface area contributed by atoms with Gasteiger partial charge >= 0.3 is 0 Å². The van der Waals surface area contributed by atoms with Gasteiger partial charge in [-0.1, -0.05) is 36.8 Å². The third kappa shape index (κ3) is 5.16. The molecule has 7 heteroatoms. The van der Waals surface area contributed by atoms with Gasteiger partial charge in [-0.3, -0.25) is 4.79 Å². The standard InChI is InChI=1S/C22H28N2O4S/c1-3-16-28-21-7-5-4-6-20(21)23-22(25)18-12-14-24(15-13-18)29(26,27)19-10-8-17(2)9-11-19/h4-11,18H,3,12-16H2,1-2H3,(H,23,25). The number of carbonyl (C=O) groups is 1. The molecule has 1 amide bonds. The van der Waals surface area contributed by atoms with Crippen molar-refractivity contribution in [1.82, 2.24) is 4.31 Å². The molecule has 1 aliphatic heterocycles. The van der Waals surface area contributed by atoms with Gasteiger partial charge in [-0.05, 0) is 50.5 Å². The third-order valence-corrected chi connectivity index (χ3v) is 7.00. The van der Waals surface area contributed by atoms with Gasteiger partial charge in [-0.2, -0.15) is 4.31 Å². The second kappa shape index (κ2) is 9.41. The first-order valence-electron chi connectivity index (χ1n) is 10.0. The third-order valence-electron chi connectivity index (χ3n) is 5.09. The van der Waals surface area contributed by atoms with Gasteiger partial charge in [0.15, 0.2) is 0 Å². The number of aryl methyl sites for hydroxylation is 1. The molecule has 0 bridgehead atoms. The van der Waals surface area contributed by atoms with Gasteiger partial charge in [0.25, 0.3) is 0 Å². The number of amides is 1. The average Bonchev–Trinajstić information content (AvgIpc) is 2.73. The Morgan fingerprint density at radius 1 is 1.10 bits per heavy atom. The molecule has 0 atom stereocenters. The maximum absolute atomic E-state index is 12.8. The molecule has 0 radical (unpaired) electrons. The largest absolute Gasteiger partial charge is 0.491 e. The number of nitrogens with zero attached hydrogens (tertiary/aromatic N) is 1. The summed E-state index contributed by atoms with van der Waals surface area (Å²) in [4.78, 5) is 13.0. The van der Waals surface area contributed by atoms with Crippen LogP contribution in [0.4, 0.5) is 5.69 Å². The van der Waals surface area contributed by atoms with E-state index in [1.807, 2.05) is 38.1 Å². The maximum Gasteiger partial charge on any atom is 0.243 e. The van der Waals surface area contributed by atoms with Crippen molar-refractivity contribution < 1.29 is 17.9 Å². The van der Waals surface area contributed by atoms with Gasteiger partial charge in [0, 0.05) is 19.0 Å². The fraction of sp³-hybridized carbons (Fsp3) is 0.409. The van der Waals surface area contributed by atoms with E-state index in [1.165, 1.54) is 4.31 Å². The van der Waals surface area contributed by atoms with Crippen LogP contribution in [0.3, 0.4) is 0 Å². The number of para-hydroxylation sites is 2. The summed E-state index contributed by atoms with van der Waals surface area (Å²) in [5.74, 6) is 0.339. The Bertz CT molecular complexity index is 934. The molecule has 0 spiro atoms. The van der Waals surface area contributed by atoms with Crippen molar-refractivity contribution in [2.45, 2.75) is 38.0 Å². The van der Waals surface area contributed by atoms with Gasteiger partial charge in [0.2, 0.25) is 15.9 Å². The summed E-state index contributed by atoms with van der Waals surface area (Å²) in [6, 6.07) is 14.2. The zero-order valence-corrected chi connectivity index (χ0v) is 17.7. The monoisotopic (exact) mass is 416 g/mol. The smallest absolute Gasteiger partial charge is 0.243 e. The van der Waals surface area contributed by atoms with Crippen LogP contribution in [0.2, 0.25) is 0 Å². The number of anilines is 1. The molecule has 1 heterocycles. The van der Waals surface area contributed by atoms with Gasteiger partial charge in [-0.15, -0.1) is 0 Å². The predicted molar refractivity (Wildman–Crippen MR) is 114 cm³/mol. The van der Waals surface area contributed by atoms with E-state index in [0.717, 1.165) is 12.0 Å². The highest BCUT2D eigenvalue weighted by atomic mass is 32.2. The Hall–Kier alpha value is -2.38. The Morgan fingerprint density at radius 3 is 2.41 bits per heavy atom. The topological polar surface area (TPSA) is 75.7 Å². The molecule has 1 fully saturated rings. The number of hydrogen-bond donors (Lipinski definition) is 1. The van der Waals surface area contributed by atoms with E-state index in [1.54, 1.807) is 24.3 Å². The van der Waals surface area contributed by atoms with Crippen molar-refractivity contribution in [2.75, 3.05) is 25.0 Å². The minimum Gasteiger partial charge on any atom is -0.491 e. The Kier molecular flexibility index (Phi) is 6.92. The number of nitrogens with one attached hydrogen (secondary N) is 1. The lowest BCUT2D eigenvalue weighted by atomic mass is 9.97. The fourth-order valence-corrected chi connectivity index (χ4v) is 4.83. The van der Waals surface area contributed by atoms with Gasteiger partial charge in [-0.25, -0.2) is 8.42 Å². The lowest BCUT2D eigenvalue weighted by molar-refractivity contribution is -0.120. The highest BCUT2D eigenvalue weighted by Crippen LogP contribution is 2.28. The summed E-state index contributed by atoms with van der Waals surface area (Å²) in [5, 5.41) is 2.95. The molecule has 1 saturated heterocycles. The summed E-state index contributed by atoms with van der Waals surface area (Å²) in [6.45, 7) is 5.21. The molecule has 3 rings (SSSR count). The van der Waals surface area contributed by atoms with E-state index in [-0.39, 0.29) is 11.8 Å². The molecule has 156 valence electrons. The number of carbonyl (C=O) groups excluding carboxylic acids is 1. The molecule has 2 aromatic carbocycles. The SMILES string of the molecule is CCCOc1ccccc1NC(=O)C1CCN(S(=O)(=O)c2ccc(C)cc2)CC1. The zero-order valence-electron chi connectivity index (χ0n) is 16.9. The number of piperidine rings is 1. The lowest BCUT2D eigenvalue weighted by Gasteiger charge is -2.30. The molecular formula is C22H28N2O4S. The van der Waals surface area contributed by atoms with Crippen molar-refractivity contribution in [3.63, 3.8) is 0 Å². The van der Waals surface area contributed by atoms with Gasteiger partial charge < -0.3 is 10.1 Å². The molecule has 1 aliphatic rings. The highest BCUT2D eigenvalue weighted by molar-refractivity contribution is 7.89. The van der Waals surface area contributed by atoms with Gasteiger partial charge in [0.1, 0.15) is 5.75 Å². The van der Waals surface area contributed by atoms with E-state index in [2.05, 4.69) is 5.32 Å². The second-order valence-corrected chi connectivity index (χ2v) is 9.26. The van der Waals surface area contributed by atoms with E-state index < -0.39 is 10.0 Å². The molecule has 2 aromatic rings. The number of hydrogen-bond acceptors (Lipinski definition) is 4. The van der Waals surface area contributed by atoms with Crippen LogP contribution in [0.15, 0.2) is 53.4 Å². The molecule has 1 N–H and O–H groups in total. The number of ether oxygens (including phenoxy) is 1. The Morgan fingerprint density at radius 2 is 1.76 bits per heavy atom. The molecule has 0 unspecified atom stereocenters. The normalized spacial score (nSPS) is 15.8. The maximum atomic E-state index is 12.8. The number of rotatable bonds is 7. The van der Waals surface area contributed by atoms with Crippen LogP contribution in [-0.4, -0.2) is 38.3 Å². The van der Waals surface area contributed by atoms with E-state index in [9.17, 15) is 13.2 Å². The van der Waals surface area contributed by atoms with Crippen LogP contribution < -0.4 is 10.1 Å². The van der Waals surface area contributed by atoms with Crippen LogP contribution in [-0.2, 0) is 14.8 Å². The zero-order chi connectivity index (χ0) is 20.9. The van der Waals surface area contributed by atoms with Crippen molar-refractivity contribution in [3.8, 4) is 5.75 Å².